The molecule has 1 aliphatic rings. The number of rotatable bonds is 5. The molecular weight excluding hydrogens is 546 g/mol. The lowest BCUT2D eigenvalue weighted by Gasteiger charge is -2.28. The summed E-state index contributed by atoms with van der Waals surface area (Å²) in [4.78, 5) is 18.0. The van der Waals surface area contributed by atoms with E-state index in [2.05, 4.69) is 31.2 Å². The fourth-order valence-electron chi connectivity index (χ4n) is 5.13. The van der Waals surface area contributed by atoms with Crippen LogP contribution in [0.2, 0.25) is 0 Å². The van der Waals surface area contributed by atoms with Crippen molar-refractivity contribution in [3.63, 3.8) is 0 Å². The molecule has 1 N–H and O–H groups in total. The van der Waals surface area contributed by atoms with Crippen LogP contribution in [0.1, 0.15) is 28.4 Å². The van der Waals surface area contributed by atoms with Crippen molar-refractivity contribution in [2.45, 2.75) is 19.3 Å². The first-order valence-corrected chi connectivity index (χ1v) is 12.9. The fraction of sp³-hybridized carbons (Fsp3) is 0.103. The Kier molecular flexibility index (Phi) is 5.34. The maximum absolute atomic E-state index is 13.8. The Balaban J connectivity index is 1.39. The van der Waals surface area contributed by atoms with Crippen LogP contribution in [-0.4, -0.2) is 29.7 Å². The van der Waals surface area contributed by atoms with Gasteiger partial charge >= 0.3 is 0 Å². The van der Waals surface area contributed by atoms with Gasteiger partial charge in [-0.05, 0) is 54.1 Å². The van der Waals surface area contributed by atoms with Crippen LogP contribution in [0.25, 0.3) is 27.6 Å². The number of ether oxygens (including phenoxy) is 1. The molecule has 7 rings (SSSR count). The molecule has 1 unspecified atom stereocenters. The van der Waals surface area contributed by atoms with Crippen LogP contribution < -0.4 is 10.2 Å². The summed E-state index contributed by atoms with van der Waals surface area (Å²) in [7, 11) is 0. The Morgan fingerprint density at radius 2 is 1.92 bits per heavy atom. The highest BCUT2D eigenvalue weighted by Crippen LogP contribution is 2.41. The Hall–Kier alpha value is -4.34. The van der Waals surface area contributed by atoms with Crippen LogP contribution in [0.15, 0.2) is 94.6 Å². The van der Waals surface area contributed by atoms with Gasteiger partial charge in [0.25, 0.3) is 0 Å². The third kappa shape index (κ3) is 3.70. The van der Waals surface area contributed by atoms with Crippen LogP contribution in [0, 0.1) is 0 Å². The fourth-order valence-corrected chi connectivity index (χ4v) is 5.51. The second-order valence-electron chi connectivity index (χ2n) is 9.26. The summed E-state index contributed by atoms with van der Waals surface area (Å²) < 4.78 is 10.6. The molecule has 38 heavy (non-hydrogen) atoms. The molecule has 0 fully saturated rings. The van der Waals surface area contributed by atoms with Crippen molar-refractivity contribution in [1.82, 2.24) is 24.5 Å². The summed E-state index contributed by atoms with van der Waals surface area (Å²) in [6, 6.07) is 20.8. The summed E-state index contributed by atoms with van der Waals surface area (Å²) >= 11 is 3.53. The topological polar surface area (TPSA) is 95.1 Å². The molecule has 1 aliphatic heterocycles. The van der Waals surface area contributed by atoms with Gasteiger partial charge in [-0.15, -0.1) is 5.10 Å². The molecule has 0 radical (unpaired) electrons. The third-order valence-corrected chi connectivity index (χ3v) is 7.40. The van der Waals surface area contributed by atoms with Crippen molar-refractivity contribution in [3.05, 3.63) is 122 Å². The van der Waals surface area contributed by atoms with Gasteiger partial charge in [0.2, 0.25) is 0 Å². The molecule has 1 atom stereocenters. The largest absolute Gasteiger partial charge is 0.471 e. The summed E-state index contributed by atoms with van der Waals surface area (Å²) in [6.07, 6.45) is 4.86. The normalized spacial score (nSPS) is 14.1. The molecule has 0 amide bonds. The number of hydrogen-bond acceptors (Lipinski definition) is 6. The maximum Gasteiger partial charge on any atom is 0.193 e. The monoisotopic (exact) mass is 565 g/mol. The number of aromatic nitrogens is 5. The van der Waals surface area contributed by atoms with Crippen molar-refractivity contribution in [2.75, 3.05) is 0 Å². The van der Waals surface area contributed by atoms with Crippen LogP contribution >= 0.6 is 15.9 Å². The first-order chi connectivity index (χ1) is 18.6. The number of nitrogens with zero attached hydrogens (tertiary/aromatic N) is 5. The Morgan fingerprint density at radius 1 is 1.03 bits per heavy atom. The van der Waals surface area contributed by atoms with E-state index in [1.54, 1.807) is 29.2 Å². The number of para-hydroxylation sites is 1. The Labute approximate surface area is 224 Å². The molecule has 0 spiro atoms. The SMILES string of the molecule is O=c1c(Cc2cccnc2)cn2c3c(cc(OCn4nnc5ccccc54)cc13)C(O)c1cc(Br)ccc1-2. The van der Waals surface area contributed by atoms with E-state index in [9.17, 15) is 9.90 Å². The first kappa shape index (κ1) is 22.8. The van der Waals surface area contributed by atoms with E-state index in [0.29, 0.717) is 34.2 Å². The van der Waals surface area contributed by atoms with Crippen LogP contribution in [0.4, 0.5) is 0 Å². The number of aliphatic hydroxyl groups excluding tert-OH is 1. The first-order valence-electron chi connectivity index (χ1n) is 12.1. The summed E-state index contributed by atoms with van der Waals surface area (Å²) in [5.41, 5.74) is 5.92. The molecule has 0 saturated heterocycles. The Bertz CT molecular complexity index is 1920. The van der Waals surface area contributed by atoms with Crippen molar-refractivity contribution in [2.24, 2.45) is 0 Å². The van der Waals surface area contributed by atoms with Crippen molar-refractivity contribution >= 4 is 37.9 Å². The third-order valence-electron chi connectivity index (χ3n) is 6.90. The van der Waals surface area contributed by atoms with Crippen molar-refractivity contribution < 1.29 is 9.84 Å². The minimum Gasteiger partial charge on any atom is -0.471 e. The van der Waals surface area contributed by atoms with Gasteiger partial charge in [-0.3, -0.25) is 9.78 Å². The number of hydrogen-bond donors (Lipinski definition) is 1. The van der Waals surface area contributed by atoms with E-state index in [1.165, 1.54) is 0 Å². The summed E-state index contributed by atoms with van der Waals surface area (Å²) in [5.74, 6) is 0.465. The molecule has 3 aromatic carbocycles. The molecule has 0 bridgehead atoms. The lowest BCUT2D eigenvalue weighted by molar-refractivity contribution is 0.212. The minimum absolute atomic E-state index is 0.104. The minimum atomic E-state index is -0.927. The average Bonchev–Trinajstić information content (AvgIpc) is 3.36. The number of aliphatic hydroxyl groups is 1. The van der Waals surface area contributed by atoms with Gasteiger partial charge in [-0.1, -0.05) is 39.3 Å². The van der Waals surface area contributed by atoms with E-state index < -0.39 is 6.10 Å². The summed E-state index contributed by atoms with van der Waals surface area (Å²) in [5, 5.41) is 20.3. The highest BCUT2D eigenvalue weighted by molar-refractivity contribution is 9.10. The molecule has 0 saturated carbocycles. The number of fused-ring (bicyclic) bond motifs is 3. The summed E-state index contributed by atoms with van der Waals surface area (Å²) in [6.45, 7) is 0.104. The number of pyridine rings is 2. The second kappa shape index (κ2) is 8.90. The molecule has 8 nitrogen and oxygen atoms in total. The predicted molar refractivity (Wildman–Crippen MR) is 147 cm³/mol. The Morgan fingerprint density at radius 3 is 2.79 bits per heavy atom. The number of benzene rings is 3. The number of halogens is 1. The molecular formula is C29H20BrN5O3. The van der Waals surface area contributed by atoms with Gasteiger partial charge in [0.05, 0.1) is 22.1 Å². The van der Waals surface area contributed by atoms with Gasteiger partial charge < -0.3 is 14.4 Å². The van der Waals surface area contributed by atoms with Crippen LogP contribution in [0.5, 0.6) is 5.75 Å². The van der Waals surface area contributed by atoms with Crippen molar-refractivity contribution in [1.29, 1.82) is 0 Å². The molecule has 4 heterocycles. The van der Waals surface area contributed by atoms with E-state index in [0.717, 1.165) is 32.3 Å². The van der Waals surface area contributed by atoms with Gasteiger partial charge in [0.1, 0.15) is 17.4 Å². The highest BCUT2D eigenvalue weighted by Gasteiger charge is 2.28. The molecule has 0 aliphatic carbocycles. The quantitative estimate of drug-likeness (QED) is 0.319. The van der Waals surface area contributed by atoms with Crippen LogP contribution in [0.3, 0.4) is 0 Å². The van der Waals surface area contributed by atoms with E-state index in [-0.39, 0.29) is 12.2 Å². The molecule has 6 aromatic rings. The lowest BCUT2D eigenvalue weighted by atomic mass is 9.92. The predicted octanol–water partition coefficient (Wildman–Crippen LogP) is 4.92. The lowest BCUT2D eigenvalue weighted by Crippen LogP contribution is -2.21. The highest BCUT2D eigenvalue weighted by atomic mass is 79.9. The van der Waals surface area contributed by atoms with E-state index in [1.807, 2.05) is 65.4 Å². The zero-order valence-corrected chi connectivity index (χ0v) is 21.5. The smallest absolute Gasteiger partial charge is 0.193 e. The second-order valence-corrected chi connectivity index (χ2v) is 10.2. The van der Waals surface area contributed by atoms with Gasteiger partial charge in [0, 0.05) is 46.2 Å². The maximum atomic E-state index is 13.8. The zero-order chi connectivity index (χ0) is 25.8. The van der Waals surface area contributed by atoms with Gasteiger partial charge in [-0.25, -0.2) is 4.68 Å². The average molecular weight is 566 g/mol. The zero-order valence-electron chi connectivity index (χ0n) is 20.0. The van der Waals surface area contributed by atoms with Gasteiger partial charge in [-0.2, -0.15) is 0 Å². The molecule has 9 heteroatoms. The molecule has 186 valence electrons. The van der Waals surface area contributed by atoms with Crippen LogP contribution in [-0.2, 0) is 13.2 Å². The van der Waals surface area contributed by atoms with Crippen molar-refractivity contribution in [3.8, 4) is 11.4 Å². The van der Waals surface area contributed by atoms with Gasteiger partial charge in [0.15, 0.2) is 12.2 Å². The standard InChI is InChI=1S/C29H20BrN5O3/c30-19-7-8-25-21(11-19)29(37)23-13-20(38-16-35-26-6-2-1-5-24(26)32-33-35)12-22-27(23)34(25)15-18(28(22)36)10-17-4-3-9-31-14-17/h1-9,11-15,29,37H,10,16H2. The van der Waals surface area contributed by atoms with E-state index in [4.69, 9.17) is 4.74 Å². The van der Waals surface area contributed by atoms with E-state index >= 15 is 0 Å². The molecule has 3 aromatic heterocycles.